The van der Waals surface area contributed by atoms with Crippen LogP contribution >= 0.6 is 11.3 Å². The highest BCUT2D eigenvalue weighted by molar-refractivity contribution is 7.17. The molecule has 1 aliphatic rings. The Morgan fingerprint density at radius 2 is 1.95 bits per heavy atom. The molecule has 0 spiro atoms. The van der Waals surface area contributed by atoms with Crippen molar-refractivity contribution in [3.8, 4) is 11.4 Å². The number of esters is 2. The number of amides is 1. The molecule has 0 saturated heterocycles. The Kier molecular flexibility index (Phi) is 7.00. The van der Waals surface area contributed by atoms with E-state index >= 15 is 0 Å². The molecule has 37 heavy (non-hydrogen) atoms. The molecular formula is C27H26N4O5S. The lowest BCUT2D eigenvalue weighted by Gasteiger charge is -2.14. The molecule has 9 nitrogen and oxygen atoms in total. The minimum absolute atomic E-state index is 0.284. The van der Waals surface area contributed by atoms with Crippen LogP contribution in [-0.4, -0.2) is 46.0 Å². The smallest absolute Gasteiger partial charge is 0.341 e. The molecule has 3 aromatic heterocycles. The van der Waals surface area contributed by atoms with Crippen molar-refractivity contribution >= 4 is 45.2 Å². The molecule has 0 fully saturated rings. The van der Waals surface area contributed by atoms with Gasteiger partial charge in [0.15, 0.2) is 6.10 Å². The number of nitrogens with one attached hydrogen (secondary N) is 2. The Bertz CT molecular complexity index is 1480. The molecule has 0 saturated carbocycles. The zero-order valence-corrected chi connectivity index (χ0v) is 21.3. The maximum atomic E-state index is 12.9. The molecule has 190 valence electrons. The lowest BCUT2D eigenvalue weighted by Crippen LogP contribution is -2.30. The second-order valence-electron chi connectivity index (χ2n) is 8.86. The summed E-state index contributed by atoms with van der Waals surface area (Å²) in [5, 5.41) is 3.23. The number of H-pyrrole nitrogens is 1. The number of anilines is 1. The van der Waals surface area contributed by atoms with Gasteiger partial charge in [0.1, 0.15) is 10.8 Å². The molecule has 1 unspecified atom stereocenters. The van der Waals surface area contributed by atoms with Gasteiger partial charge in [0.05, 0.1) is 29.3 Å². The highest BCUT2D eigenvalue weighted by Crippen LogP contribution is 2.38. The summed E-state index contributed by atoms with van der Waals surface area (Å²) < 4.78 is 10.4. The first-order chi connectivity index (χ1) is 17.9. The Morgan fingerprint density at radius 1 is 1.11 bits per heavy atom. The molecule has 1 aliphatic carbocycles. The predicted molar refractivity (Wildman–Crippen MR) is 140 cm³/mol. The zero-order chi connectivity index (χ0) is 25.9. The van der Waals surface area contributed by atoms with Crippen LogP contribution in [0.4, 0.5) is 5.00 Å². The zero-order valence-electron chi connectivity index (χ0n) is 20.5. The van der Waals surface area contributed by atoms with Gasteiger partial charge in [-0.05, 0) is 68.5 Å². The number of imidazole rings is 1. The number of aryl methyl sites for hydroxylation is 1. The van der Waals surface area contributed by atoms with Crippen LogP contribution in [-0.2, 0) is 27.1 Å². The standard InChI is InChI=1S/C27H26N4O5S/c1-15(24(32)31-25-22(27(34)35-2)18-8-4-3-5-9-21(18)37-25)36-26(33)16-10-11-19-20(13-16)30-23(29-19)17-7-6-12-28-14-17/h6-7,10-15H,3-5,8-9H2,1-2H3,(H,29,30)(H,31,32). The summed E-state index contributed by atoms with van der Waals surface area (Å²) in [7, 11) is 1.33. The van der Waals surface area contributed by atoms with Crippen molar-refractivity contribution in [3.63, 3.8) is 0 Å². The number of carbonyl (C=O) groups excluding carboxylic acids is 3. The number of aromatic nitrogens is 3. The first-order valence-electron chi connectivity index (χ1n) is 12.1. The van der Waals surface area contributed by atoms with Gasteiger partial charge in [-0.15, -0.1) is 11.3 Å². The number of hydrogen-bond acceptors (Lipinski definition) is 8. The summed E-state index contributed by atoms with van der Waals surface area (Å²) in [6.07, 6.45) is 7.07. The third-order valence-electron chi connectivity index (χ3n) is 6.35. The first-order valence-corrected chi connectivity index (χ1v) is 12.9. The monoisotopic (exact) mass is 518 g/mol. The summed E-state index contributed by atoms with van der Waals surface area (Å²) in [6, 6.07) is 8.67. The van der Waals surface area contributed by atoms with Crippen molar-refractivity contribution < 1.29 is 23.9 Å². The minimum Gasteiger partial charge on any atom is -0.465 e. The van der Waals surface area contributed by atoms with E-state index in [1.165, 1.54) is 25.4 Å². The third-order valence-corrected chi connectivity index (χ3v) is 7.56. The lowest BCUT2D eigenvalue weighted by atomic mass is 10.1. The van der Waals surface area contributed by atoms with E-state index in [-0.39, 0.29) is 5.56 Å². The number of carbonyl (C=O) groups is 3. The van der Waals surface area contributed by atoms with Crippen molar-refractivity contribution in [1.82, 2.24) is 15.0 Å². The predicted octanol–water partition coefficient (Wildman–Crippen LogP) is 4.93. The van der Waals surface area contributed by atoms with Crippen LogP contribution in [0.1, 0.15) is 57.3 Å². The number of thiophene rings is 1. The van der Waals surface area contributed by atoms with Crippen molar-refractivity contribution in [2.24, 2.45) is 0 Å². The van der Waals surface area contributed by atoms with E-state index in [2.05, 4.69) is 20.3 Å². The van der Waals surface area contributed by atoms with Gasteiger partial charge in [0.2, 0.25) is 0 Å². The molecule has 1 aromatic carbocycles. The van der Waals surface area contributed by atoms with E-state index in [0.29, 0.717) is 27.4 Å². The van der Waals surface area contributed by atoms with E-state index in [9.17, 15) is 14.4 Å². The molecular weight excluding hydrogens is 492 g/mol. The van der Waals surface area contributed by atoms with E-state index in [4.69, 9.17) is 9.47 Å². The summed E-state index contributed by atoms with van der Waals surface area (Å²) in [6.45, 7) is 1.50. The van der Waals surface area contributed by atoms with Crippen LogP contribution in [0.15, 0.2) is 42.7 Å². The number of fused-ring (bicyclic) bond motifs is 2. The quantitative estimate of drug-likeness (QED) is 0.274. The molecule has 0 radical (unpaired) electrons. The number of hydrogen-bond donors (Lipinski definition) is 2. The van der Waals surface area contributed by atoms with Crippen LogP contribution < -0.4 is 5.32 Å². The summed E-state index contributed by atoms with van der Waals surface area (Å²) in [4.78, 5) is 51.2. The number of rotatable bonds is 6. The molecule has 0 bridgehead atoms. The maximum Gasteiger partial charge on any atom is 0.341 e. The molecule has 10 heteroatoms. The number of benzene rings is 1. The van der Waals surface area contributed by atoms with Crippen LogP contribution in [0, 0.1) is 0 Å². The Labute approximate surface area is 217 Å². The van der Waals surface area contributed by atoms with E-state index in [0.717, 1.165) is 48.1 Å². The van der Waals surface area contributed by atoms with Gasteiger partial charge in [-0.1, -0.05) is 6.42 Å². The van der Waals surface area contributed by atoms with Crippen LogP contribution in [0.3, 0.4) is 0 Å². The average Bonchev–Trinajstić information content (AvgIpc) is 3.41. The van der Waals surface area contributed by atoms with Gasteiger partial charge in [0, 0.05) is 22.8 Å². The van der Waals surface area contributed by atoms with Gasteiger partial charge in [-0.2, -0.15) is 0 Å². The van der Waals surface area contributed by atoms with E-state index in [1.807, 2.05) is 12.1 Å². The Balaban J connectivity index is 1.30. The number of nitrogens with zero attached hydrogens (tertiary/aromatic N) is 2. The first kappa shape index (κ1) is 24.6. The van der Waals surface area contributed by atoms with Crippen molar-refractivity contribution in [1.29, 1.82) is 0 Å². The normalized spacial score (nSPS) is 13.9. The maximum absolute atomic E-state index is 12.9. The highest BCUT2D eigenvalue weighted by Gasteiger charge is 2.28. The fourth-order valence-electron chi connectivity index (χ4n) is 4.42. The Hall–Kier alpha value is -4.05. The number of methoxy groups -OCH3 is 1. The lowest BCUT2D eigenvalue weighted by molar-refractivity contribution is -0.123. The second kappa shape index (κ2) is 10.5. The SMILES string of the molecule is COC(=O)c1c(NC(=O)C(C)OC(=O)c2ccc3nc(-c4cccnc4)[nH]c3c2)sc2c1CCCCC2. The minimum atomic E-state index is -1.08. The van der Waals surface area contributed by atoms with Crippen molar-refractivity contribution in [2.75, 3.05) is 12.4 Å². The van der Waals surface area contributed by atoms with Crippen LogP contribution in [0.2, 0.25) is 0 Å². The number of aromatic amines is 1. The molecule has 0 aliphatic heterocycles. The summed E-state index contributed by atoms with van der Waals surface area (Å²) in [5.41, 5.74) is 3.82. The Morgan fingerprint density at radius 3 is 2.73 bits per heavy atom. The van der Waals surface area contributed by atoms with Gasteiger partial charge < -0.3 is 19.8 Å². The van der Waals surface area contributed by atoms with Gasteiger partial charge >= 0.3 is 11.9 Å². The largest absolute Gasteiger partial charge is 0.465 e. The van der Waals surface area contributed by atoms with Gasteiger partial charge in [-0.3, -0.25) is 9.78 Å². The average molecular weight is 519 g/mol. The van der Waals surface area contributed by atoms with Crippen LogP contribution in [0.25, 0.3) is 22.4 Å². The van der Waals surface area contributed by atoms with Crippen LogP contribution in [0.5, 0.6) is 0 Å². The fourth-order valence-corrected chi connectivity index (χ4v) is 5.70. The summed E-state index contributed by atoms with van der Waals surface area (Å²) in [5.74, 6) is -0.997. The van der Waals surface area contributed by atoms with Crippen molar-refractivity contribution in [2.45, 2.75) is 45.1 Å². The third kappa shape index (κ3) is 5.10. The van der Waals surface area contributed by atoms with Gasteiger partial charge in [-0.25, -0.2) is 14.6 Å². The number of pyridine rings is 1. The topological polar surface area (TPSA) is 123 Å². The molecule has 1 amide bonds. The second-order valence-corrected chi connectivity index (χ2v) is 9.96. The highest BCUT2D eigenvalue weighted by atomic mass is 32.1. The van der Waals surface area contributed by atoms with E-state index in [1.54, 1.807) is 30.6 Å². The fraction of sp³-hybridized carbons (Fsp3) is 0.296. The van der Waals surface area contributed by atoms with Crippen molar-refractivity contribution in [3.05, 3.63) is 64.3 Å². The molecule has 5 rings (SSSR count). The summed E-state index contributed by atoms with van der Waals surface area (Å²) >= 11 is 1.39. The van der Waals surface area contributed by atoms with Gasteiger partial charge in [0.25, 0.3) is 5.91 Å². The molecule has 4 aromatic rings. The molecule has 3 heterocycles. The molecule has 1 atom stereocenters. The molecule has 2 N–H and O–H groups in total. The van der Waals surface area contributed by atoms with E-state index < -0.39 is 23.9 Å². The number of ether oxygens (including phenoxy) is 2.